The van der Waals surface area contributed by atoms with Crippen molar-refractivity contribution < 1.29 is 0 Å². The van der Waals surface area contributed by atoms with Crippen molar-refractivity contribution in [3.8, 4) is 0 Å². The Morgan fingerprint density at radius 1 is 1.44 bits per heavy atom. The van der Waals surface area contributed by atoms with Crippen molar-refractivity contribution in [1.82, 2.24) is 0 Å². The van der Waals surface area contributed by atoms with Crippen LogP contribution in [0.25, 0.3) is 0 Å². The molecule has 0 aliphatic carbocycles. The van der Waals surface area contributed by atoms with Crippen LogP contribution in [0.15, 0.2) is 34.2 Å². The third-order valence-electron chi connectivity index (χ3n) is 1.66. The number of thioether (sulfide) groups is 1. The van der Waals surface area contributed by atoms with Crippen LogP contribution >= 0.6 is 23.4 Å². The molecular formula is C12H17ClN2S. The average molecular weight is 257 g/mol. The van der Waals surface area contributed by atoms with Crippen molar-refractivity contribution in [3.05, 3.63) is 29.3 Å². The summed E-state index contributed by atoms with van der Waals surface area (Å²) in [7, 11) is 0. The molecule has 0 atom stereocenters. The van der Waals surface area contributed by atoms with E-state index < -0.39 is 0 Å². The standard InChI is InChI=1S/C12H17ClN2S/c1-12(2,3)15-11(14)8-16-10-6-4-5-9(13)7-10/h4-7H,8H2,1-3H3,(H2,14,15). The Morgan fingerprint density at radius 2 is 2.12 bits per heavy atom. The number of halogens is 1. The van der Waals surface area contributed by atoms with Crippen LogP contribution in [0, 0.1) is 0 Å². The topological polar surface area (TPSA) is 38.4 Å². The summed E-state index contributed by atoms with van der Waals surface area (Å²) in [4.78, 5) is 5.50. The second-order valence-electron chi connectivity index (χ2n) is 4.52. The van der Waals surface area contributed by atoms with E-state index in [-0.39, 0.29) is 5.54 Å². The van der Waals surface area contributed by atoms with E-state index in [9.17, 15) is 0 Å². The van der Waals surface area contributed by atoms with Gasteiger partial charge in [0.25, 0.3) is 0 Å². The fraction of sp³-hybridized carbons (Fsp3) is 0.417. The number of nitrogens with two attached hydrogens (primary N) is 1. The predicted octanol–water partition coefficient (Wildman–Crippen LogP) is 3.59. The first-order valence-corrected chi connectivity index (χ1v) is 6.46. The summed E-state index contributed by atoms with van der Waals surface area (Å²) >= 11 is 7.53. The number of hydrogen-bond donors (Lipinski definition) is 1. The van der Waals surface area contributed by atoms with Gasteiger partial charge in [0, 0.05) is 9.92 Å². The summed E-state index contributed by atoms with van der Waals surface area (Å²) in [6.45, 7) is 6.09. The maximum atomic E-state index is 5.89. The van der Waals surface area contributed by atoms with Gasteiger partial charge in [0.15, 0.2) is 0 Å². The van der Waals surface area contributed by atoms with Gasteiger partial charge in [0.1, 0.15) is 5.84 Å². The van der Waals surface area contributed by atoms with Crippen molar-refractivity contribution >= 4 is 29.2 Å². The van der Waals surface area contributed by atoms with Gasteiger partial charge in [-0.15, -0.1) is 11.8 Å². The van der Waals surface area contributed by atoms with E-state index in [0.29, 0.717) is 11.6 Å². The van der Waals surface area contributed by atoms with Crippen molar-refractivity contribution in [2.75, 3.05) is 5.75 Å². The fourth-order valence-corrected chi connectivity index (χ4v) is 2.20. The average Bonchev–Trinajstić information content (AvgIpc) is 2.12. The van der Waals surface area contributed by atoms with E-state index in [1.807, 2.05) is 45.0 Å². The van der Waals surface area contributed by atoms with E-state index in [0.717, 1.165) is 9.92 Å². The summed E-state index contributed by atoms with van der Waals surface area (Å²) < 4.78 is 0. The Labute approximate surface area is 106 Å². The van der Waals surface area contributed by atoms with Crippen molar-refractivity contribution in [2.24, 2.45) is 10.7 Å². The molecule has 1 aromatic carbocycles. The minimum absolute atomic E-state index is 0.112. The van der Waals surface area contributed by atoms with Crippen LogP contribution in [0.2, 0.25) is 5.02 Å². The molecular weight excluding hydrogens is 240 g/mol. The molecule has 88 valence electrons. The Morgan fingerprint density at radius 3 is 2.69 bits per heavy atom. The molecule has 0 spiro atoms. The van der Waals surface area contributed by atoms with Crippen LogP contribution < -0.4 is 5.73 Å². The summed E-state index contributed by atoms with van der Waals surface area (Å²) in [6, 6.07) is 7.73. The Bertz CT molecular complexity index is 383. The van der Waals surface area contributed by atoms with Gasteiger partial charge in [-0.3, -0.25) is 4.99 Å². The summed E-state index contributed by atoms with van der Waals surface area (Å²) in [5.41, 5.74) is 5.73. The molecule has 0 fully saturated rings. The van der Waals surface area contributed by atoms with E-state index in [4.69, 9.17) is 17.3 Å². The number of nitrogens with zero attached hydrogens (tertiary/aromatic N) is 1. The zero-order valence-electron chi connectivity index (χ0n) is 9.83. The molecule has 0 aliphatic rings. The smallest absolute Gasteiger partial charge is 0.105 e. The van der Waals surface area contributed by atoms with Crippen LogP contribution in [0.3, 0.4) is 0 Å². The monoisotopic (exact) mass is 256 g/mol. The van der Waals surface area contributed by atoms with Crippen LogP contribution in [0.4, 0.5) is 0 Å². The first kappa shape index (κ1) is 13.4. The lowest BCUT2D eigenvalue weighted by Crippen LogP contribution is -2.22. The van der Waals surface area contributed by atoms with Gasteiger partial charge in [-0.2, -0.15) is 0 Å². The molecule has 0 aromatic heterocycles. The molecule has 0 radical (unpaired) electrons. The third-order valence-corrected chi connectivity index (χ3v) is 2.92. The molecule has 0 saturated heterocycles. The first-order chi connectivity index (χ1) is 7.37. The zero-order valence-corrected chi connectivity index (χ0v) is 11.4. The van der Waals surface area contributed by atoms with E-state index in [1.165, 1.54) is 0 Å². The third kappa shape index (κ3) is 5.42. The summed E-state index contributed by atoms with van der Waals surface area (Å²) in [5.74, 6) is 1.36. The van der Waals surface area contributed by atoms with Gasteiger partial charge in [-0.1, -0.05) is 17.7 Å². The lowest BCUT2D eigenvalue weighted by molar-refractivity contribution is 0.583. The lowest BCUT2D eigenvalue weighted by atomic mass is 10.1. The lowest BCUT2D eigenvalue weighted by Gasteiger charge is -2.13. The van der Waals surface area contributed by atoms with Crippen LogP contribution in [0.1, 0.15) is 20.8 Å². The van der Waals surface area contributed by atoms with Gasteiger partial charge in [-0.25, -0.2) is 0 Å². The number of hydrogen-bond acceptors (Lipinski definition) is 2. The molecule has 0 unspecified atom stereocenters. The van der Waals surface area contributed by atoms with Gasteiger partial charge < -0.3 is 5.73 Å². The van der Waals surface area contributed by atoms with Gasteiger partial charge >= 0.3 is 0 Å². The Kier molecular flexibility index (Phi) is 4.69. The molecule has 0 amide bonds. The molecule has 2 N–H and O–H groups in total. The minimum atomic E-state index is -0.112. The van der Waals surface area contributed by atoms with Crippen LogP contribution in [-0.4, -0.2) is 17.1 Å². The number of rotatable bonds is 3. The van der Waals surface area contributed by atoms with Crippen molar-refractivity contribution in [2.45, 2.75) is 31.2 Å². The van der Waals surface area contributed by atoms with E-state index in [1.54, 1.807) is 11.8 Å². The van der Waals surface area contributed by atoms with Crippen LogP contribution in [-0.2, 0) is 0 Å². The van der Waals surface area contributed by atoms with Crippen LogP contribution in [0.5, 0.6) is 0 Å². The molecule has 0 bridgehead atoms. The second kappa shape index (κ2) is 5.60. The van der Waals surface area contributed by atoms with Gasteiger partial charge in [0.05, 0.1) is 11.3 Å². The summed E-state index contributed by atoms with van der Waals surface area (Å²) in [5, 5.41) is 0.747. The molecule has 1 rings (SSSR count). The Balaban J connectivity index is 2.55. The number of aliphatic imine (C=N–C) groups is 1. The molecule has 1 aromatic rings. The molecule has 0 aliphatic heterocycles. The maximum absolute atomic E-state index is 5.89. The highest BCUT2D eigenvalue weighted by atomic mass is 35.5. The van der Waals surface area contributed by atoms with Gasteiger partial charge in [0.2, 0.25) is 0 Å². The molecule has 4 heteroatoms. The maximum Gasteiger partial charge on any atom is 0.105 e. The SMILES string of the molecule is CC(C)(C)N=C(N)CSc1cccc(Cl)c1. The largest absolute Gasteiger partial charge is 0.387 e. The fourth-order valence-electron chi connectivity index (χ4n) is 1.18. The van der Waals surface area contributed by atoms with Crippen molar-refractivity contribution in [1.29, 1.82) is 0 Å². The predicted molar refractivity (Wildman–Crippen MR) is 73.6 cm³/mol. The van der Waals surface area contributed by atoms with E-state index in [2.05, 4.69) is 4.99 Å². The van der Waals surface area contributed by atoms with Crippen molar-refractivity contribution in [3.63, 3.8) is 0 Å². The van der Waals surface area contributed by atoms with Gasteiger partial charge in [-0.05, 0) is 39.0 Å². The molecule has 0 heterocycles. The highest BCUT2D eigenvalue weighted by Crippen LogP contribution is 2.21. The molecule has 0 saturated carbocycles. The molecule has 2 nitrogen and oxygen atoms in total. The number of amidine groups is 1. The highest BCUT2D eigenvalue weighted by molar-refractivity contribution is 8.00. The zero-order chi connectivity index (χ0) is 12.2. The second-order valence-corrected chi connectivity index (χ2v) is 6.01. The normalized spacial score (nSPS) is 12.9. The minimum Gasteiger partial charge on any atom is -0.387 e. The summed E-state index contributed by atoms with van der Waals surface area (Å²) in [6.07, 6.45) is 0. The molecule has 16 heavy (non-hydrogen) atoms. The number of benzene rings is 1. The quantitative estimate of drug-likeness (QED) is 0.510. The Hall–Kier alpha value is -0.670. The first-order valence-electron chi connectivity index (χ1n) is 5.09. The van der Waals surface area contributed by atoms with E-state index >= 15 is 0 Å². The highest BCUT2D eigenvalue weighted by Gasteiger charge is 2.08.